The Morgan fingerprint density at radius 3 is 2.67 bits per heavy atom. The molecule has 0 aromatic heterocycles. The highest BCUT2D eigenvalue weighted by Gasteiger charge is 2.25. The summed E-state index contributed by atoms with van der Waals surface area (Å²) in [5.41, 5.74) is 0.113. The molecule has 1 saturated heterocycles. The van der Waals surface area contributed by atoms with Crippen LogP contribution < -0.4 is 0 Å². The molecule has 1 heterocycles. The third kappa shape index (κ3) is 2.69. The fourth-order valence-electron chi connectivity index (χ4n) is 2.65. The number of nitrogens with zero attached hydrogens (tertiary/aromatic N) is 1. The van der Waals surface area contributed by atoms with E-state index in [9.17, 15) is 13.2 Å². The van der Waals surface area contributed by atoms with Gasteiger partial charge in [-0.15, -0.1) is 0 Å². The molecule has 0 bridgehead atoms. The van der Waals surface area contributed by atoms with Crippen LogP contribution in [0, 0.1) is 23.4 Å². The van der Waals surface area contributed by atoms with Gasteiger partial charge in [-0.2, -0.15) is 0 Å². The van der Waals surface area contributed by atoms with Gasteiger partial charge in [-0.3, -0.25) is 4.90 Å². The lowest BCUT2D eigenvalue weighted by Crippen LogP contribution is -2.36. The number of rotatable bonds is 2. The zero-order valence-electron chi connectivity index (χ0n) is 10.7. The average Bonchev–Trinajstić information content (AvgIpc) is 2.33. The van der Waals surface area contributed by atoms with E-state index in [-0.39, 0.29) is 11.6 Å². The maximum Gasteiger partial charge on any atom is 0.163 e. The quantitative estimate of drug-likeness (QED) is 0.726. The predicted molar refractivity (Wildman–Crippen MR) is 64.7 cm³/mol. The lowest BCUT2D eigenvalue weighted by molar-refractivity contribution is 0.136. The summed E-state index contributed by atoms with van der Waals surface area (Å²) in [5, 5.41) is 0. The van der Waals surface area contributed by atoms with E-state index >= 15 is 0 Å². The van der Waals surface area contributed by atoms with Gasteiger partial charge in [-0.25, -0.2) is 13.2 Å². The highest BCUT2D eigenvalue weighted by atomic mass is 19.2. The Balaban J connectivity index is 2.25. The molecule has 0 amide bonds. The number of benzene rings is 1. The Morgan fingerprint density at radius 1 is 1.28 bits per heavy atom. The van der Waals surface area contributed by atoms with Crippen LogP contribution in [0.1, 0.15) is 38.3 Å². The number of hydrogen-bond donors (Lipinski definition) is 0. The number of likely N-dealkylation sites (tertiary alicyclic amines) is 1. The van der Waals surface area contributed by atoms with Crippen LogP contribution in [-0.4, -0.2) is 18.0 Å². The Labute approximate surface area is 106 Å². The topological polar surface area (TPSA) is 3.24 Å². The van der Waals surface area contributed by atoms with Crippen molar-refractivity contribution in [3.8, 4) is 0 Å². The van der Waals surface area contributed by atoms with E-state index in [1.807, 2.05) is 0 Å². The van der Waals surface area contributed by atoms with Crippen LogP contribution in [0.25, 0.3) is 0 Å². The molecular weight excluding hydrogens is 239 g/mol. The molecule has 1 aromatic rings. The minimum Gasteiger partial charge on any atom is -0.296 e. The van der Waals surface area contributed by atoms with Crippen molar-refractivity contribution in [3.05, 3.63) is 35.1 Å². The Kier molecular flexibility index (Phi) is 3.95. The van der Waals surface area contributed by atoms with Crippen LogP contribution in [0.15, 0.2) is 12.1 Å². The minimum atomic E-state index is -1.11. The summed E-state index contributed by atoms with van der Waals surface area (Å²) in [6, 6.07) is 1.39. The first-order valence-electron chi connectivity index (χ1n) is 6.37. The van der Waals surface area contributed by atoms with E-state index in [1.165, 1.54) is 0 Å². The van der Waals surface area contributed by atoms with Gasteiger partial charge in [0, 0.05) is 24.2 Å². The van der Waals surface area contributed by atoms with Crippen molar-refractivity contribution in [2.45, 2.75) is 32.7 Å². The van der Waals surface area contributed by atoms with E-state index in [4.69, 9.17) is 0 Å². The summed E-state index contributed by atoms with van der Waals surface area (Å²) in [6.45, 7) is 5.64. The molecule has 0 N–H and O–H groups in total. The fourth-order valence-corrected chi connectivity index (χ4v) is 2.65. The third-order valence-electron chi connectivity index (χ3n) is 3.71. The molecule has 18 heavy (non-hydrogen) atoms. The highest BCUT2D eigenvalue weighted by Crippen LogP contribution is 2.29. The molecule has 0 saturated carbocycles. The molecule has 4 heteroatoms. The SMILES string of the molecule is C[C@H]1CCCN([C@@H](C)c2cc(F)cc(F)c2F)C1. The normalized spacial score (nSPS) is 23.1. The second-order valence-corrected chi connectivity index (χ2v) is 5.21. The van der Waals surface area contributed by atoms with E-state index in [2.05, 4.69) is 11.8 Å². The zero-order valence-corrected chi connectivity index (χ0v) is 10.7. The van der Waals surface area contributed by atoms with Gasteiger partial charge in [0.25, 0.3) is 0 Å². The van der Waals surface area contributed by atoms with Crippen molar-refractivity contribution in [2.75, 3.05) is 13.1 Å². The first-order chi connectivity index (χ1) is 8.49. The van der Waals surface area contributed by atoms with Crippen molar-refractivity contribution < 1.29 is 13.2 Å². The summed E-state index contributed by atoms with van der Waals surface area (Å²) in [7, 11) is 0. The Morgan fingerprint density at radius 2 is 2.00 bits per heavy atom. The molecular formula is C14H18F3N. The lowest BCUT2D eigenvalue weighted by Gasteiger charge is -2.35. The standard InChI is InChI=1S/C14H18F3N/c1-9-4-3-5-18(8-9)10(2)12-6-11(15)7-13(16)14(12)17/h6-7,9-10H,3-5,8H2,1-2H3/t9-,10-/m0/s1. The summed E-state index contributed by atoms with van der Waals surface area (Å²) < 4.78 is 40.1. The van der Waals surface area contributed by atoms with Crippen LogP contribution in [0.5, 0.6) is 0 Å². The summed E-state index contributed by atoms with van der Waals surface area (Å²) in [6.07, 6.45) is 2.20. The van der Waals surface area contributed by atoms with E-state index in [0.29, 0.717) is 12.0 Å². The van der Waals surface area contributed by atoms with Crippen LogP contribution in [0.4, 0.5) is 13.2 Å². The van der Waals surface area contributed by atoms with Gasteiger partial charge >= 0.3 is 0 Å². The highest BCUT2D eigenvalue weighted by molar-refractivity contribution is 5.23. The van der Waals surface area contributed by atoms with Gasteiger partial charge in [0.05, 0.1) is 0 Å². The molecule has 100 valence electrons. The van der Waals surface area contributed by atoms with Crippen LogP contribution in [0.2, 0.25) is 0 Å². The summed E-state index contributed by atoms with van der Waals surface area (Å²) in [5.74, 6) is -2.22. The van der Waals surface area contributed by atoms with Gasteiger partial charge in [0.2, 0.25) is 0 Å². The molecule has 1 aliphatic heterocycles. The molecule has 1 aromatic carbocycles. The van der Waals surface area contributed by atoms with Crippen molar-refractivity contribution >= 4 is 0 Å². The van der Waals surface area contributed by atoms with Crippen molar-refractivity contribution in [2.24, 2.45) is 5.92 Å². The molecule has 1 nitrogen and oxygen atoms in total. The molecule has 0 aliphatic carbocycles. The molecule has 0 unspecified atom stereocenters. The van der Waals surface area contributed by atoms with Gasteiger partial charge in [0.15, 0.2) is 11.6 Å². The minimum absolute atomic E-state index is 0.113. The molecule has 1 aliphatic rings. The predicted octanol–water partition coefficient (Wildman–Crippen LogP) is 3.90. The fraction of sp³-hybridized carbons (Fsp3) is 0.571. The monoisotopic (exact) mass is 257 g/mol. The number of halogens is 3. The van der Waals surface area contributed by atoms with E-state index in [1.54, 1.807) is 6.92 Å². The molecule has 2 atom stereocenters. The smallest absolute Gasteiger partial charge is 0.163 e. The largest absolute Gasteiger partial charge is 0.296 e. The van der Waals surface area contributed by atoms with Crippen LogP contribution >= 0.6 is 0 Å². The Hall–Kier alpha value is -1.03. The zero-order chi connectivity index (χ0) is 13.3. The molecule has 0 spiro atoms. The van der Waals surface area contributed by atoms with Gasteiger partial charge in [-0.05, 0) is 38.3 Å². The summed E-state index contributed by atoms with van der Waals surface area (Å²) in [4.78, 5) is 2.09. The van der Waals surface area contributed by atoms with E-state index < -0.39 is 17.5 Å². The van der Waals surface area contributed by atoms with Gasteiger partial charge < -0.3 is 0 Å². The molecule has 2 rings (SSSR count). The van der Waals surface area contributed by atoms with Crippen molar-refractivity contribution in [1.82, 2.24) is 4.90 Å². The Bertz CT molecular complexity index is 433. The second-order valence-electron chi connectivity index (χ2n) is 5.21. The van der Waals surface area contributed by atoms with Crippen molar-refractivity contribution in [3.63, 3.8) is 0 Å². The maximum atomic E-state index is 13.7. The maximum absolute atomic E-state index is 13.7. The van der Waals surface area contributed by atoms with Crippen molar-refractivity contribution in [1.29, 1.82) is 0 Å². The number of piperidine rings is 1. The average molecular weight is 257 g/mol. The lowest BCUT2D eigenvalue weighted by atomic mass is 9.96. The second kappa shape index (κ2) is 5.31. The first kappa shape index (κ1) is 13.4. The molecule has 0 radical (unpaired) electrons. The molecule has 1 fully saturated rings. The van der Waals surface area contributed by atoms with Crippen LogP contribution in [-0.2, 0) is 0 Å². The number of hydrogen-bond acceptors (Lipinski definition) is 1. The third-order valence-corrected chi connectivity index (χ3v) is 3.71. The van der Waals surface area contributed by atoms with Crippen LogP contribution in [0.3, 0.4) is 0 Å². The van der Waals surface area contributed by atoms with E-state index in [0.717, 1.165) is 32.0 Å². The summed E-state index contributed by atoms with van der Waals surface area (Å²) >= 11 is 0. The van der Waals surface area contributed by atoms with Gasteiger partial charge in [-0.1, -0.05) is 6.92 Å². The van der Waals surface area contributed by atoms with Gasteiger partial charge in [0.1, 0.15) is 5.82 Å². The first-order valence-corrected chi connectivity index (χ1v) is 6.37.